The molecule has 0 radical (unpaired) electrons. The number of hydrogen-bond donors (Lipinski definition) is 2. The predicted octanol–water partition coefficient (Wildman–Crippen LogP) is 3.16. The van der Waals surface area contributed by atoms with E-state index in [9.17, 15) is 9.90 Å². The largest absolute Gasteiger partial charge is 0.478 e. The number of aromatic nitrogens is 1. The molecule has 1 heterocycles. The molecule has 0 atom stereocenters. The van der Waals surface area contributed by atoms with Crippen molar-refractivity contribution in [2.24, 2.45) is 0 Å². The molecule has 1 fully saturated rings. The number of nitrogens with zero attached hydrogens (tertiary/aromatic N) is 1. The highest BCUT2D eigenvalue weighted by Crippen LogP contribution is 2.21. The predicted molar refractivity (Wildman–Crippen MR) is 82.0 cm³/mol. The van der Waals surface area contributed by atoms with Crippen LogP contribution in [0.3, 0.4) is 0 Å². The van der Waals surface area contributed by atoms with Gasteiger partial charge < -0.3 is 15.2 Å². The number of nitrogens with one attached hydrogen (secondary N) is 1. The van der Waals surface area contributed by atoms with Crippen LogP contribution in [-0.4, -0.2) is 35.3 Å². The second-order valence-corrected chi connectivity index (χ2v) is 5.63. The van der Waals surface area contributed by atoms with E-state index in [0.29, 0.717) is 30.6 Å². The molecule has 1 saturated carbocycles. The SMILES string of the molecule is Cc1cc(NCCOC2CCCCC2)c(C(=O)O)c(C)n1. The minimum absolute atomic E-state index is 0.248. The van der Waals surface area contributed by atoms with Gasteiger partial charge in [-0.15, -0.1) is 0 Å². The first-order chi connectivity index (χ1) is 10.1. The molecule has 0 unspecified atom stereocenters. The zero-order chi connectivity index (χ0) is 15.2. The molecule has 0 aliphatic heterocycles. The molecular weight excluding hydrogens is 268 g/mol. The van der Waals surface area contributed by atoms with Crippen LogP contribution in [0.4, 0.5) is 5.69 Å². The van der Waals surface area contributed by atoms with Crippen molar-refractivity contribution in [3.05, 3.63) is 23.0 Å². The lowest BCUT2D eigenvalue weighted by Gasteiger charge is -2.22. The normalized spacial score (nSPS) is 15.9. The lowest BCUT2D eigenvalue weighted by atomic mass is 9.98. The molecule has 1 aromatic rings. The highest BCUT2D eigenvalue weighted by molar-refractivity contribution is 5.95. The van der Waals surface area contributed by atoms with Crippen molar-refractivity contribution < 1.29 is 14.6 Å². The molecule has 0 saturated heterocycles. The molecule has 2 N–H and O–H groups in total. The van der Waals surface area contributed by atoms with E-state index in [1.54, 1.807) is 13.0 Å². The van der Waals surface area contributed by atoms with E-state index in [1.807, 2.05) is 6.92 Å². The van der Waals surface area contributed by atoms with Gasteiger partial charge in [-0.3, -0.25) is 4.98 Å². The van der Waals surface area contributed by atoms with Crippen molar-refractivity contribution in [3.63, 3.8) is 0 Å². The fraction of sp³-hybridized carbons (Fsp3) is 0.625. The molecule has 5 heteroatoms. The Morgan fingerprint density at radius 2 is 2.10 bits per heavy atom. The first kappa shape index (κ1) is 15.8. The summed E-state index contributed by atoms with van der Waals surface area (Å²) in [6.45, 7) is 4.80. The number of aryl methyl sites for hydroxylation is 2. The third kappa shape index (κ3) is 4.43. The third-order valence-corrected chi connectivity index (χ3v) is 3.87. The highest BCUT2D eigenvalue weighted by Gasteiger charge is 2.16. The molecule has 2 rings (SSSR count). The van der Waals surface area contributed by atoms with Crippen molar-refractivity contribution in [2.75, 3.05) is 18.5 Å². The molecule has 0 bridgehead atoms. The number of carboxylic acid groups (broad SMARTS) is 1. The van der Waals surface area contributed by atoms with Crippen LogP contribution in [0.15, 0.2) is 6.07 Å². The summed E-state index contributed by atoms with van der Waals surface area (Å²) in [5, 5.41) is 12.5. The van der Waals surface area contributed by atoms with Crippen molar-refractivity contribution in [1.29, 1.82) is 0 Å². The third-order valence-electron chi connectivity index (χ3n) is 3.87. The van der Waals surface area contributed by atoms with Crippen LogP contribution in [0.25, 0.3) is 0 Å². The van der Waals surface area contributed by atoms with E-state index >= 15 is 0 Å². The first-order valence-electron chi connectivity index (χ1n) is 7.65. The molecule has 1 aliphatic carbocycles. The first-order valence-corrected chi connectivity index (χ1v) is 7.65. The van der Waals surface area contributed by atoms with Gasteiger partial charge in [-0.1, -0.05) is 19.3 Å². The molecule has 1 aromatic heterocycles. The summed E-state index contributed by atoms with van der Waals surface area (Å²) in [7, 11) is 0. The average molecular weight is 292 g/mol. The van der Waals surface area contributed by atoms with Gasteiger partial charge in [-0.25, -0.2) is 4.79 Å². The summed E-state index contributed by atoms with van der Waals surface area (Å²) in [5.74, 6) is -0.948. The van der Waals surface area contributed by atoms with E-state index in [2.05, 4.69) is 10.3 Å². The lowest BCUT2D eigenvalue weighted by molar-refractivity contribution is 0.0347. The van der Waals surface area contributed by atoms with Gasteiger partial charge in [0.1, 0.15) is 5.56 Å². The zero-order valence-corrected chi connectivity index (χ0v) is 12.8. The summed E-state index contributed by atoms with van der Waals surface area (Å²) >= 11 is 0. The topological polar surface area (TPSA) is 71.5 Å². The van der Waals surface area contributed by atoms with Gasteiger partial charge in [0.2, 0.25) is 0 Å². The lowest BCUT2D eigenvalue weighted by Crippen LogP contribution is -2.21. The van der Waals surface area contributed by atoms with Crippen LogP contribution in [-0.2, 0) is 4.74 Å². The van der Waals surface area contributed by atoms with Crippen molar-refractivity contribution in [2.45, 2.75) is 52.1 Å². The van der Waals surface area contributed by atoms with Gasteiger partial charge in [0.15, 0.2) is 0 Å². The zero-order valence-electron chi connectivity index (χ0n) is 12.8. The fourth-order valence-corrected chi connectivity index (χ4v) is 2.88. The van der Waals surface area contributed by atoms with E-state index in [1.165, 1.54) is 19.3 Å². The Hall–Kier alpha value is -1.62. The average Bonchev–Trinajstić information content (AvgIpc) is 2.43. The molecule has 0 amide bonds. The maximum Gasteiger partial charge on any atom is 0.339 e. The maximum absolute atomic E-state index is 11.3. The Morgan fingerprint density at radius 3 is 2.76 bits per heavy atom. The van der Waals surface area contributed by atoms with Crippen molar-refractivity contribution in [1.82, 2.24) is 4.98 Å². The number of carboxylic acids is 1. The van der Waals surface area contributed by atoms with E-state index in [0.717, 1.165) is 18.5 Å². The smallest absolute Gasteiger partial charge is 0.339 e. The molecule has 5 nitrogen and oxygen atoms in total. The monoisotopic (exact) mass is 292 g/mol. The van der Waals surface area contributed by atoms with Crippen LogP contribution < -0.4 is 5.32 Å². The summed E-state index contributed by atoms with van der Waals surface area (Å²) in [6.07, 6.45) is 6.49. The molecule has 0 aromatic carbocycles. The van der Waals surface area contributed by atoms with Crippen molar-refractivity contribution >= 4 is 11.7 Å². The van der Waals surface area contributed by atoms with E-state index in [4.69, 9.17) is 4.74 Å². The summed E-state index contributed by atoms with van der Waals surface area (Å²) in [4.78, 5) is 15.5. The summed E-state index contributed by atoms with van der Waals surface area (Å²) in [6, 6.07) is 1.77. The Bertz CT molecular complexity index is 497. The molecule has 116 valence electrons. The highest BCUT2D eigenvalue weighted by atomic mass is 16.5. The Kier molecular flexibility index (Phi) is 5.56. The maximum atomic E-state index is 11.3. The summed E-state index contributed by atoms with van der Waals surface area (Å²) < 4.78 is 5.84. The Balaban J connectivity index is 1.88. The second-order valence-electron chi connectivity index (χ2n) is 5.63. The molecule has 1 aliphatic rings. The van der Waals surface area contributed by atoms with Gasteiger partial charge in [-0.05, 0) is 32.8 Å². The number of carbonyl (C=O) groups is 1. The van der Waals surface area contributed by atoms with Gasteiger partial charge in [0.25, 0.3) is 0 Å². The molecular formula is C16H24N2O3. The standard InChI is InChI=1S/C16H24N2O3/c1-11-10-14(15(16(19)20)12(2)18-11)17-8-9-21-13-6-4-3-5-7-13/h10,13H,3-9H2,1-2H3,(H,17,18)(H,19,20). The van der Waals surface area contributed by atoms with Crippen LogP contribution in [0, 0.1) is 13.8 Å². The quantitative estimate of drug-likeness (QED) is 0.788. The van der Waals surface area contributed by atoms with E-state index in [-0.39, 0.29) is 5.56 Å². The van der Waals surface area contributed by atoms with Crippen molar-refractivity contribution in [3.8, 4) is 0 Å². The number of anilines is 1. The van der Waals surface area contributed by atoms with Gasteiger partial charge in [0.05, 0.1) is 24.1 Å². The minimum Gasteiger partial charge on any atom is -0.478 e. The fourth-order valence-electron chi connectivity index (χ4n) is 2.88. The number of aromatic carboxylic acids is 1. The Morgan fingerprint density at radius 1 is 1.38 bits per heavy atom. The van der Waals surface area contributed by atoms with Gasteiger partial charge >= 0.3 is 5.97 Å². The number of hydrogen-bond acceptors (Lipinski definition) is 4. The van der Waals surface area contributed by atoms with Crippen LogP contribution in [0.5, 0.6) is 0 Å². The summed E-state index contributed by atoms with van der Waals surface area (Å²) in [5.41, 5.74) is 2.23. The van der Waals surface area contributed by atoms with Gasteiger partial charge in [0, 0.05) is 12.2 Å². The van der Waals surface area contributed by atoms with Crippen LogP contribution >= 0.6 is 0 Å². The van der Waals surface area contributed by atoms with Gasteiger partial charge in [-0.2, -0.15) is 0 Å². The number of ether oxygens (including phenoxy) is 1. The second kappa shape index (κ2) is 7.41. The van der Waals surface area contributed by atoms with E-state index < -0.39 is 5.97 Å². The molecule has 21 heavy (non-hydrogen) atoms. The van der Waals surface area contributed by atoms with Crippen LogP contribution in [0.1, 0.15) is 53.8 Å². The molecule has 0 spiro atoms. The number of pyridine rings is 1. The minimum atomic E-state index is -0.948. The number of rotatable bonds is 6. The van der Waals surface area contributed by atoms with Crippen LogP contribution in [0.2, 0.25) is 0 Å². The Labute approximate surface area is 125 Å².